The van der Waals surface area contributed by atoms with E-state index in [1.54, 1.807) is 0 Å². The summed E-state index contributed by atoms with van der Waals surface area (Å²) in [6.07, 6.45) is 6.46. The molecule has 2 atom stereocenters. The lowest BCUT2D eigenvalue weighted by Gasteiger charge is -2.29. The Labute approximate surface area is 115 Å². The molecule has 2 N–H and O–H groups in total. The zero-order chi connectivity index (χ0) is 13.0. The Bertz CT molecular complexity index is 419. The molecule has 0 bridgehead atoms. The number of rotatable bonds is 4. The number of benzene rings is 1. The Kier molecular flexibility index (Phi) is 4.59. The van der Waals surface area contributed by atoms with Gasteiger partial charge in [-0.2, -0.15) is 0 Å². The number of hydrogen-bond donors (Lipinski definition) is 1. The van der Waals surface area contributed by atoms with Crippen molar-refractivity contribution < 1.29 is 4.74 Å². The molecule has 0 spiro atoms. The van der Waals surface area contributed by atoms with E-state index in [4.69, 9.17) is 22.7 Å². The maximum atomic E-state index is 6.11. The monoisotopic (exact) mass is 263 g/mol. The van der Waals surface area contributed by atoms with E-state index >= 15 is 0 Å². The lowest BCUT2D eigenvalue weighted by molar-refractivity contribution is 0.122. The zero-order valence-electron chi connectivity index (χ0n) is 10.9. The van der Waals surface area contributed by atoms with E-state index in [-0.39, 0.29) is 0 Å². The maximum absolute atomic E-state index is 6.11. The molecular weight excluding hydrogens is 242 g/mol. The van der Waals surface area contributed by atoms with Crippen LogP contribution in [0.15, 0.2) is 24.3 Å². The largest absolute Gasteiger partial charge is 0.490 e. The average Bonchev–Trinajstić information content (AvgIpc) is 2.39. The predicted molar refractivity (Wildman–Crippen MR) is 79.0 cm³/mol. The summed E-state index contributed by atoms with van der Waals surface area (Å²) in [7, 11) is 0. The van der Waals surface area contributed by atoms with Crippen molar-refractivity contribution in [3.63, 3.8) is 0 Å². The van der Waals surface area contributed by atoms with E-state index < -0.39 is 0 Å². The summed E-state index contributed by atoms with van der Waals surface area (Å²) in [4.78, 5) is 0.411. The highest BCUT2D eigenvalue weighted by atomic mass is 32.1. The number of thiocarbonyl (C=S) groups is 1. The van der Waals surface area contributed by atoms with Gasteiger partial charge in [-0.1, -0.05) is 44.1 Å². The highest BCUT2D eigenvalue weighted by Gasteiger charge is 2.22. The van der Waals surface area contributed by atoms with Crippen LogP contribution in [0, 0.1) is 5.92 Å². The van der Waals surface area contributed by atoms with Crippen molar-refractivity contribution in [3.05, 3.63) is 29.8 Å². The van der Waals surface area contributed by atoms with Gasteiger partial charge < -0.3 is 10.5 Å². The first-order valence-electron chi connectivity index (χ1n) is 6.76. The molecule has 2 nitrogen and oxygen atoms in total. The van der Waals surface area contributed by atoms with E-state index in [0.717, 1.165) is 30.1 Å². The fraction of sp³-hybridized carbons (Fsp3) is 0.533. The first-order chi connectivity index (χ1) is 8.70. The van der Waals surface area contributed by atoms with Crippen LogP contribution in [0.1, 0.15) is 44.6 Å². The van der Waals surface area contributed by atoms with Crippen LogP contribution in [0.5, 0.6) is 5.75 Å². The van der Waals surface area contributed by atoms with Crippen LogP contribution in [0.4, 0.5) is 0 Å². The van der Waals surface area contributed by atoms with Gasteiger partial charge in [-0.3, -0.25) is 0 Å². The number of para-hydroxylation sites is 1. The summed E-state index contributed by atoms with van der Waals surface area (Å²) >= 11 is 5.06. The quantitative estimate of drug-likeness (QED) is 0.842. The van der Waals surface area contributed by atoms with Crippen LogP contribution in [0.2, 0.25) is 0 Å². The second-order valence-electron chi connectivity index (χ2n) is 5.04. The van der Waals surface area contributed by atoms with Gasteiger partial charge in [-0.25, -0.2) is 0 Å². The lowest BCUT2D eigenvalue weighted by Crippen LogP contribution is -2.26. The van der Waals surface area contributed by atoms with E-state index in [2.05, 4.69) is 6.92 Å². The van der Waals surface area contributed by atoms with Gasteiger partial charge in [-0.05, 0) is 37.3 Å². The van der Waals surface area contributed by atoms with Crippen LogP contribution in [-0.4, -0.2) is 11.1 Å². The van der Waals surface area contributed by atoms with Crippen molar-refractivity contribution in [1.82, 2.24) is 0 Å². The molecule has 1 aromatic rings. The molecule has 1 saturated carbocycles. The van der Waals surface area contributed by atoms with Crippen LogP contribution in [-0.2, 0) is 0 Å². The zero-order valence-corrected chi connectivity index (χ0v) is 11.7. The molecule has 0 aromatic heterocycles. The van der Waals surface area contributed by atoms with Crippen LogP contribution < -0.4 is 10.5 Å². The van der Waals surface area contributed by atoms with Gasteiger partial charge in [0.15, 0.2) is 0 Å². The van der Waals surface area contributed by atoms with E-state index in [1.807, 2.05) is 24.3 Å². The molecule has 18 heavy (non-hydrogen) atoms. The van der Waals surface area contributed by atoms with Crippen molar-refractivity contribution >= 4 is 17.2 Å². The molecule has 1 aliphatic carbocycles. The molecule has 98 valence electrons. The van der Waals surface area contributed by atoms with Crippen molar-refractivity contribution in [1.29, 1.82) is 0 Å². The fourth-order valence-corrected chi connectivity index (χ4v) is 2.84. The molecule has 0 amide bonds. The molecule has 2 rings (SSSR count). The fourth-order valence-electron chi connectivity index (χ4n) is 2.67. The molecule has 0 saturated heterocycles. The molecule has 1 aliphatic rings. The van der Waals surface area contributed by atoms with Crippen molar-refractivity contribution in [3.8, 4) is 5.75 Å². The van der Waals surface area contributed by atoms with Gasteiger partial charge in [0.2, 0.25) is 0 Å². The minimum Gasteiger partial charge on any atom is -0.490 e. The first kappa shape index (κ1) is 13.3. The molecule has 3 heteroatoms. The van der Waals surface area contributed by atoms with Gasteiger partial charge in [0.25, 0.3) is 0 Å². The summed E-state index contributed by atoms with van der Waals surface area (Å²) < 4.78 is 6.11. The minimum atomic E-state index is 0.319. The highest BCUT2D eigenvalue weighted by Crippen LogP contribution is 2.30. The predicted octanol–water partition coefficient (Wildman–Crippen LogP) is 3.67. The van der Waals surface area contributed by atoms with Gasteiger partial charge in [0, 0.05) is 0 Å². The molecule has 0 aliphatic heterocycles. The van der Waals surface area contributed by atoms with Gasteiger partial charge >= 0.3 is 0 Å². The molecule has 0 radical (unpaired) electrons. The Balaban J connectivity index is 2.07. The number of ether oxygens (including phenoxy) is 1. The van der Waals surface area contributed by atoms with Crippen molar-refractivity contribution in [2.75, 3.05) is 0 Å². The second kappa shape index (κ2) is 6.19. The third kappa shape index (κ3) is 3.22. The molecule has 1 aromatic carbocycles. The Morgan fingerprint density at radius 3 is 2.89 bits per heavy atom. The average molecular weight is 263 g/mol. The first-order valence-corrected chi connectivity index (χ1v) is 7.17. The Morgan fingerprint density at radius 1 is 1.39 bits per heavy atom. The number of nitrogens with two attached hydrogens (primary N) is 1. The van der Waals surface area contributed by atoms with Crippen molar-refractivity contribution in [2.45, 2.75) is 45.1 Å². The molecule has 0 heterocycles. The highest BCUT2D eigenvalue weighted by molar-refractivity contribution is 7.80. The third-order valence-corrected chi connectivity index (χ3v) is 3.98. The van der Waals surface area contributed by atoms with E-state index in [9.17, 15) is 0 Å². The van der Waals surface area contributed by atoms with Gasteiger partial charge in [0.1, 0.15) is 10.7 Å². The van der Waals surface area contributed by atoms with Crippen molar-refractivity contribution in [2.24, 2.45) is 11.7 Å². The van der Waals surface area contributed by atoms with E-state index in [1.165, 1.54) is 19.3 Å². The maximum Gasteiger partial charge on any atom is 0.129 e. The summed E-state index contributed by atoms with van der Waals surface area (Å²) in [5.41, 5.74) is 6.58. The SMILES string of the molecule is CCC1CCCC(Oc2ccccc2C(N)=S)C1. The van der Waals surface area contributed by atoms with Gasteiger partial charge in [-0.15, -0.1) is 0 Å². The summed E-state index contributed by atoms with van der Waals surface area (Å²) in [6, 6.07) is 7.80. The summed E-state index contributed by atoms with van der Waals surface area (Å²) in [5, 5.41) is 0. The smallest absolute Gasteiger partial charge is 0.129 e. The summed E-state index contributed by atoms with van der Waals surface area (Å²) in [6.45, 7) is 2.26. The molecule has 2 unspecified atom stereocenters. The van der Waals surface area contributed by atoms with Crippen LogP contribution >= 0.6 is 12.2 Å². The van der Waals surface area contributed by atoms with Crippen LogP contribution in [0.25, 0.3) is 0 Å². The van der Waals surface area contributed by atoms with Crippen LogP contribution in [0.3, 0.4) is 0 Å². The normalized spacial score (nSPS) is 23.6. The Hall–Kier alpha value is -1.09. The Morgan fingerprint density at radius 2 is 2.17 bits per heavy atom. The second-order valence-corrected chi connectivity index (χ2v) is 5.48. The van der Waals surface area contributed by atoms with Gasteiger partial charge in [0.05, 0.1) is 11.7 Å². The molecular formula is C15H21NOS. The minimum absolute atomic E-state index is 0.319. The summed E-state index contributed by atoms with van der Waals surface area (Å²) in [5.74, 6) is 1.65. The lowest BCUT2D eigenvalue weighted by atomic mass is 9.85. The number of hydrogen-bond acceptors (Lipinski definition) is 2. The standard InChI is InChI=1S/C15H21NOS/c1-2-11-6-5-7-12(10-11)17-14-9-4-3-8-13(14)15(16)18/h3-4,8-9,11-12H,2,5-7,10H2,1H3,(H2,16,18). The topological polar surface area (TPSA) is 35.2 Å². The molecule has 1 fully saturated rings. The van der Waals surface area contributed by atoms with E-state index in [0.29, 0.717) is 11.1 Å². The third-order valence-electron chi connectivity index (χ3n) is 3.76.